The molecule has 0 atom stereocenters. The number of nitro groups is 1. The number of nitrogens with zero attached hydrogens (tertiary/aromatic N) is 2. The van der Waals surface area contributed by atoms with Crippen LogP contribution in [-0.4, -0.2) is 18.0 Å². The molecule has 0 aliphatic carbocycles. The Morgan fingerprint density at radius 1 is 1.47 bits per heavy atom. The first-order valence-corrected chi connectivity index (χ1v) is 4.61. The van der Waals surface area contributed by atoms with Crippen LogP contribution in [-0.2, 0) is 0 Å². The fourth-order valence-corrected chi connectivity index (χ4v) is 1.26. The third-order valence-electron chi connectivity index (χ3n) is 2.29. The highest BCUT2D eigenvalue weighted by atomic mass is 19.1. The Morgan fingerprint density at radius 2 is 2.07 bits per heavy atom. The van der Waals surface area contributed by atoms with Crippen molar-refractivity contribution in [2.75, 3.05) is 11.9 Å². The Labute approximate surface area is 87.5 Å². The number of anilines is 1. The Hall–Kier alpha value is -1.65. The van der Waals surface area contributed by atoms with Gasteiger partial charge in [0.1, 0.15) is 0 Å². The second-order valence-electron chi connectivity index (χ2n) is 3.57. The molecular weight excluding hydrogens is 199 g/mol. The van der Waals surface area contributed by atoms with Crippen molar-refractivity contribution >= 4 is 11.4 Å². The summed E-state index contributed by atoms with van der Waals surface area (Å²) in [6.07, 6.45) is 0. The van der Waals surface area contributed by atoms with Crippen molar-refractivity contribution in [3.8, 4) is 0 Å². The van der Waals surface area contributed by atoms with E-state index in [2.05, 4.69) is 0 Å². The van der Waals surface area contributed by atoms with Crippen molar-refractivity contribution in [1.82, 2.24) is 0 Å². The van der Waals surface area contributed by atoms with E-state index in [1.807, 2.05) is 13.8 Å². The molecule has 0 aromatic heterocycles. The van der Waals surface area contributed by atoms with Crippen LogP contribution in [0.5, 0.6) is 0 Å². The Morgan fingerprint density at radius 3 is 2.53 bits per heavy atom. The molecule has 1 rings (SSSR count). The molecule has 15 heavy (non-hydrogen) atoms. The third kappa shape index (κ3) is 2.23. The summed E-state index contributed by atoms with van der Waals surface area (Å²) in [4.78, 5) is 11.7. The minimum absolute atomic E-state index is 0.000556. The highest BCUT2D eigenvalue weighted by Crippen LogP contribution is 2.30. The van der Waals surface area contributed by atoms with Crippen LogP contribution in [0.25, 0.3) is 0 Å². The van der Waals surface area contributed by atoms with Gasteiger partial charge in [-0.3, -0.25) is 10.1 Å². The Balaban J connectivity index is 3.30. The second-order valence-corrected chi connectivity index (χ2v) is 3.57. The molecule has 0 bridgehead atoms. The molecule has 5 heteroatoms. The number of rotatable bonds is 3. The maximum absolute atomic E-state index is 13.5. The van der Waals surface area contributed by atoms with Gasteiger partial charge in [0.05, 0.1) is 4.92 Å². The largest absolute Gasteiger partial charge is 0.364 e. The van der Waals surface area contributed by atoms with Crippen LogP contribution in [0.1, 0.15) is 13.8 Å². The number of nitro benzene ring substituents is 1. The summed E-state index contributed by atoms with van der Waals surface area (Å²) < 4.78 is 13.5. The summed E-state index contributed by atoms with van der Waals surface area (Å²) in [5.74, 6) is -0.569. The lowest BCUT2D eigenvalue weighted by atomic mass is 10.2. The second kappa shape index (κ2) is 4.25. The zero-order chi connectivity index (χ0) is 11.6. The SMILES string of the molecule is CC(C)N(C)c1c(F)cccc1[N+](=O)[O-]. The maximum Gasteiger partial charge on any atom is 0.295 e. The molecule has 0 N–H and O–H groups in total. The normalized spacial score (nSPS) is 10.5. The van der Waals surface area contributed by atoms with Gasteiger partial charge in [-0.25, -0.2) is 4.39 Å². The number of halogens is 1. The van der Waals surface area contributed by atoms with Crippen LogP contribution in [0, 0.1) is 15.9 Å². The zero-order valence-corrected chi connectivity index (χ0v) is 8.90. The van der Waals surface area contributed by atoms with E-state index in [9.17, 15) is 14.5 Å². The highest BCUT2D eigenvalue weighted by Gasteiger charge is 2.22. The van der Waals surface area contributed by atoms with E-state index in [-0.39, 0.29) is 17.4 Å². The summed E-state index contributed by atoms with van der Waals surface area (Å²) in [6, 6.07) is 3.87. The third-order valence-corrected chi connectivity index (χ3v) is 2.29. The molecule has 0 spiro atoms. The molecule has 0 amide bonds. The molecule has 0 aliphatic heterocycles. The van der Waals surface area contributed by atoms with Crippen molar-refractivity contribution < 1.29 is 9.31 Å². The minimum Gasteiger partial charge on any atom is -0.364 e. The van der Waals surface area contributed by atoms with Crippen LogP contribution < -0.4 is 4.90 Å². The van der Waals surface area contributed by atoms with E-state index in [1.165, 1.54) is 18.2 Å². The molecule has 0 fully saturated rings. The van der Waals surface area contributed by atoms with Gasteiger partial charge in [-0.15, -0.1) is 0 Å². The maximum atomic E-state index is 13.5. The van der Waals surface area contributed by atoms with Crippen molar-refractivity contribution in [3.05, 3.63) is 34.1 Å². The summed E-state index contributed by atoms with van der Waals surface area (Å²) in [5.41, 5.74) is -0.163. The fourth-order valence-electron chi connectivity index (χ4n) is 1.26. The van der Waals surface area contributed by atoms with Crippen LogP contribution >= 0.6 is 0 Å². The van der Waals surface area contributed by atoms with Gasteiger partial charge in [-0.05, 0) is 19.9 Å². The van der Waals surface area contributed by atoms with Gasteiger partial charge in [-0.2, -0.15) is 0 Å². The molecule has 0 saturated heterocycles. The number of hydrogen-bond donors (Lipinski definition) is 0. The lowest BCUT2D eigenvalue weighted by Gasteiger charge is -2.23. The van der Waals surface area contributed by atoms with Crippen LogP contribution in [0.15, 0.2) is 18.2 Å². The van der Waals surface area contributed by atoms with E-state index in [4.69, 9.17) is 0 Å². The molecule has 1 aromatic carbocycles. The average Bonchev–Trinajstić information content (AvgIpc) is 2.16. The number of para-hydroxylation sites is 1. The van der Waals surface area contributed by atoms with E-state index >= 15 is 0 Å². The van der Waals surface area contributed by atoms with Crippen molar-refractivity contribution in [3.63, 3.8) is 0 Å². The predicted molar refractivity (Wildman–Crippen MR) is 56.6 cm³/mol. The monoisotopic (exact) mass is 212 g/mol. The predicted octanol–water partition coefficient (Wildman–Crippen LogP) is 2.58. The minimum atomic E-state index is -0.572. The van der Waals surface area contributed by atoms with Crippen LogP contribution in [0.2, 0.25) is 0 Å². The lowest BCUT2D eigenvalue weighted by Crippen LogP contribution is -2.27. The van der Waals surface area contributed by atoms with Gasteiger partial charge in [0.15, 0.2) is 11.5 Å². The zero-order valence-electron chi connectivity index (χ0n) is 8.90. The van der Waals surface area contributed by atoms with Crippen molar-refractivity contribution in [2.45, 2.75) is 19.9 Å². The molecule has 0 saturated carbocycles. The summed E-state index contributed by atoms with van der Waals surface area (Å²) >= 11 is 0. The van der Waals surface area contributed by atoms with Crippen molar-refractivity contribution in [2.24, 2.45) is 0 Å². The van der Waals surface area contributed by atoms with Gasteiger partial charge >= 0.3 is 0 Å². The topological polar surface area (TPSA) is 46.4 Å². The smallest absolute Gasteiger partial charge is 0.295 e. The summed E-state index contributed by atoms with van der Waals surface area (Å²) in [6.45, 7) is 3.69. The molecule has 82 valence electrons. The quantitative estimate of drug-likeness (QED) is 0.571. The summed E-state index contributed by atoms with van der Waals surface area (Å²) in [7, 11) is 1.64. The Kier molecular flexibility index (Phi) is 3.24. The summed E-state index contributed by atoms with van der Waals surface area (Å²) in [5, 5.41) is 10.7. The van der Waals surface area contributed by atoms with Gasteiger partial charge < -0.3 is 4.90 Å². The van der Waals surface area contributed by atoms with E-state index in [0.717, 1.165) is 0 Å². The van der Waals surface area contributed by atoms with Crippen molar-refractivity contribution in [1.29, 1.82) is 0 Å². The fraction of sp³-hybridized carbons (Fsp3) is 0.400. The van der Waals surface area contributed by atoms with E-state index in [0.29, 0.717) is 0 Å². The first-order chi connectivity index (χ1) is 6.95. The first-order valence-electron chi connectivity index (χ1n) is 4.61. The van der Waals surface area contributed by atoms with E-state index in [1.54, 1.807) is 11.9 Å². The van der Waals surface area contributed by atoms with Gasteiger partial charge in [0, 0.05) is 19.2 Å². The van der Waals surface area contributed by atoms with E-state index < -0.39 is 10.7 Å². The van der Waals surface area contributed by atoms with Gasteiger partial charge in [0.25, 0.3) is 5.69 Å². The van der Waals surface area contributed by atoms with Crippen LogP contribution in [0.4, 0.5) is 15.8 Å². The molecule has 0 unspecified atom stereocenters. The molecule has 4 nitrogen and oxygen atoms in total. The molecule has 0 heterocycles. The average molecular weight is 212 g/mol. The van der Waals surface area contributed by atoms with Gasteiger partial charge in [0.2, 0.25) is 0 Å². The standard InChI is InChI=1S/C10H13FN2O2/c1-7(2)12(3)10-8(11)5-4-6-9(10)13(14)15/h4-7H,1-3H3. The Bertz CT molecular complexity index is 380. The number of benzene rings is 1. The first kappa shape index (κ1) is 11.4. The van der Waals surface area contributed by atoms with Gasteiger partial charge in [-0.1, -0.05) is 6.07 Å². The molecule has 0 aliphatic rings. The number of hydrogen-bond acceptors (Lipinski definition) is 3. The lowest BCUT2D eigenvalue weighted by molar-refractivity contribution is -0.384. The molecule has 0 radical (unpaired) electrons. The van der Waals surface area contributed by atoms with Crippen LogP contribution in [0.3, 0.4) is 0 Å². The molecular formula is C10H13FN2O2. The highest BCUT2D eigenvalue weighted by molar-refractivity contribution is 5.64. The molecule has 1 aromatic rings.